The molecule has 0 saturated carbocycles. The number of carbonyl (C=O) groups excluding carboxylic acids is 2. The van der Waals surface area contributed by atoms with E-state index in [-0.39, 0.29) is 23.1 Å². The number of esters is 1. The molecular formula is C21H22ClNO4. The largest absolute Gasteiger partial charge is 0.462 e. The minimum atomic E-state index is -0.647. The summed E-state index contributed by atoms with van der Waals surface area (Å²) in [4.78, 5) is 25.1. The van der Waals surface area contributed by atoms with Gasteiger partial charge in [-0.15, -0.1) is 0 Å². The maximum atomic E-state index is 13.2. The summed E-state index contributed by atoms with van der Waals surface area (Å²) in [5, 5.41) is 3.20. The van der Waals surface area contributed by atoms with Crippen LogP contribution in [-0.4, -0.2) is 31.7 Å². The molecular weight excluding hydrogens is 366 g/mol. The average molecular weight is 388 g/mol. The second-order valence-electron chi connectivity index (χ2n) is 6.43. The van der Waals surface area contributed by atoms with Crippen molar-refractivity contribution in [3.8, 4) is 0 Å². The van der Waals surface area contributed by atoms with Crippen LogP contribution in [0, 0.1) is 0 Å². The molecule has 1 saturated heterocycles. The van der Waals surface area contributed by atoms with E-state index in [4.69, 9.17) is 21.1 Å². The molecule has 1 fully saturated rings. The van der Waals surface area contributed by atoms with Crippen molar-refractivity contribution in [3.63, 3.8) is 0 Å². The maximum absolute atomic E-state index is 13.2. The van der Waals surface area contributed by atoms with Gasteiger partial charge in [0.15, 0.2) is 0 Å². The Morgan fingerprint density at radius 1 is 1.15 bits per heavy atom. The van der Waals surface area contributed by atoms with Crippen molar-refractivity contribution in [2.24, 2.45) is 0 Å². The van der Waals surface area contributed by atoms with E-state index in [1.54, 1.807) is 25.1 Å². The maximum Gasteiger partial charge on any atom is 0.339 e. The summed E-state index contributed by atoms with van der Waals surface area (Å²) >= 11 is 6.21. The Hall–Kier alpha value is -2.37. The number of rotatable bonds is 5. The van der Waals surface area contributed by atoms with Gasteiger partial charge in [-0.1, -0.05) is 41.9 Å². The van der Waals surface area contributed by atoms with Crippen LogP contribution in [0.25, 0.3) is 0 Å². The molecule has 1 N–H and O–H groups in total. The van der Waals surface area contributed by atoms with Crippen LogP contribution < -0.4 is 5.32 Å². The van der Waals surface area contributed by atoms with Gasteiger partial charge in [-0.05, 0) is 43.5 Å². The fourth-order valence-electron chi connectivity index (χ4n) is 3.34. The summed E-state index contributed by atoms with van der Waals surface area (Å²) < 4.78 is 10.5. The third-order valence-electron chi connectivity index (χ3n) is 4.83. The van der Waals surface area contributed by atoms with Gasteiger partial charge in [0.1, 0.15) is 0 Å². The monoisotopic (exact) mass is 387 g/mol. The number of nitrogens with one attached hydrogen (secondary N) is 1. The van der Waals surface area contributed by atoms with Crippen molar-refractivity contribution in [1.82, 2.24) is 0 Å². The highest BCUT2D eigenvalue weighted by atomic mass is 35.5. The number of ether oxygens (including phenoxy) is 2. The Labute approximate surface area is 163 Å². The van der Waals surface area contributed by atoms with Gasteiger partial charge in [-0.2, -0.15) is 0 Å². The molecule has 6 heteroatoms. The first-order chi connectivity index (χ1) is 13.1. The van der Waals surface area contributed by atoms with E-state index in [1.807, 2.05) is 30.3 Å². The molecule has 2 aromatic rings. The first-order valence-electron chi connectivity index (χ1n) is 8.98. The summed E-state index contributed by atoms with van der Waals surface area (Å²) in [5.74, 6) is -0.581. The molecule has 0 bridgehead atoms. The van der Waals surface area contributed by atoms with Gasteiger partial charge >= 0.3 is 5.97 Å². The molecule has 0 aliphatic carbocycles. The Morgan fingerprint density at radius 3 is 2.48 bits per heavy atom. The molecule has 3 rings (SSSR count). The molecule has 5 nitrogen and oxygen atoms in total. The Kier molecular flexibility index (Phi) is 6.14. The molecule has 0 aromatic heterocycles. The number of hydrogen-bond donors (Lipinski definition) is 1. The fourth-order valence-corrected chi connectivity index (χ4v) is 3.60. The van der Waals surface area contributed by atoms with Crippen molar-refractivity contribution in [1.29, 1.82) is 0 Å². The number of halogens is 1. The molecule has 0 spiro atoms. The second-order valence-corrected chi connectivity index (χ2v) is 6.84. The van der Waals surface area contributed by atoms with E-state index < -0.39 is 11.4 Å². The Balaban J connectivity index is 1.84. The Morgan fingerprint density at radius 2 is 1.85 bits per heavy atom. The van der Waals surface area contributed by atoms with Crippen LogP contribution in [0.5, 0.6) is 0 Å². The minimum Gasteiger partial charge on any atom is -0.462 e. The lowest BCUT2D eigenvalue weighted by Gasteiger charge is -2.36. The van der Waals surface area contributed by atoms with E-state index in [2.05, 4.69) is 5.32 Å². The first kappa shape index (κ1) is 19.4. The van der Waals surface area contributed by atoms with E-state index >= 15 is 0 Å². The normalized spacial score (nSPS) is 15.8. The van der Waals surface area contributed by atoms with Crippen molar-refractivity contribution >= 4 is 29.2 Å². The van der Waals surface area contributed by atoms with E-state index in [0.29, 0.717) is 31.7 Å². The van der Waals surface area contributed by atoms with Crippen LogP contribution in [0.3, 0.4) is 0 Å². The lowest BCUT2D eigenvalue weighted by molar-refractivity contribution is -0.125. The van der Waals surface area contributed by atoms with Gasteiger partial charge in [0.05, 0.1) is 22.6 Å². The van der Waals surface area contributed by atoms with Crippen LogP contribution in [0.1, 0.15) is 35.7 Å². The van der Waals surface area contributed by atoms with Crippen LogP contribution >= 0.6 is 11.6 Å². The van der Waals surface area contributed by atoms with Gasteiger partial charge in [-0.3, -0.25) is 4.79 Å². The zero-order chi connectivity index (χ0) is 19.3. The standard InChI is InChI=1S/C21H22ClNO4/c1-2-27-19(24)17-9-8-16(14-18(17)22)23-20(25)21(10-12-26-13-11-21)15-6-4-3-5-7-15/h3-9,14H,2,10-13H2,1H3,(H,23,25). The van der Waals surface area contributed by atoms with Crippen molar-refractivity contribution in [3.05, 3.63) is 64.7 Å². The van der Waals surface area contributed by atoms with Crippen LogP contribution in [0.2, 0.25) is 5.02 Å². The zero-order valence-corrected chi connectivity index (χ0v) is 15.9. The highest BCUT2D eigenvalue weighted by molar-refractivity contribution is 6.34. The molecule has 1 heterocycles. The molecule has 27 heavy (non-hydrogen) atoms. The third kappa shape index (κ3) is 4.15. The number of amides is 1. The van der Waals surface area contributed by atoms with Gasteiger partial charge in [0, 0.05) is 18.9 Å². The second kappa shape index (κ2) is 8.55. The first-order valence-corrected chi connectivity index (χ1v) is 9.36. The van der Waals surface area contributed by atoms with E-state index in [1.165, 1.54) is 0 Å². The lowest BCUT2D eigenvalue weighted by Crippen LogP contribution is -2.44. The van der Waals surface area contributed by atoms with Crippen molar-refractivity contribution in [2.45, 2.75) is 25.2 Å². The highest BCUT2D eigenvalue weighted by Crippen LogP contribution is 2.36. The molecule has 1 aliphatic heterocycles. The average Bonchev–Trinajstić information content (AvgIpc) is 2.69. The quantitative estimate of drug-likeness (QED) is 0.781. The van der Waals surface area contributed by atoms with E-state index in [0.717, 1.165) is 5.56 Å². The van der Waals surface area contributed by atoms with Gasteiger partial charge in [0.2, 0.25) is 5.91 Å². The summed E-state index contributed by atoms with van der Waals surface area (Å²) in [5.41, 5.74) is 1.14. The summed E-state index contributed by atoms with van der Waals surface area (Å²) in [6.07, 6.45) is 1.22. The smallest absolute Gasteiger partial charge is 0.339 e. The molecule has 0 radical (unpaired) electrons. The topological polar surface area (TPSA) is 64.6 Å². The van der Waals surface area contributed by atoms with Crippen LogP contribution in [0.15, 0.2) is 48.5 Å². The van der Waals surface area contributed by atoms with Crippen molar-refractivity contribution < 1.29 is 19.1 Å². The minimum absolute atomic E-state index is 0.100. The predicted molar refractivity (Wildman–Crippen MR) is 104 cm³/mol. The summed E-state index contributed by atoms with van der Waals surface area (Å²) in [6.45, 7) is 3.07. The highest BCUT2D eigenvalue weighted by Gasteiger charge is 2.41. The SMILES string of the molecule is CCOC(=O)c1ccc(NC(=O)C2(c3ccccc3)CCOCC2)cc1Cl. The number of hydrogen-bond acceptors (Lipinski definition) is 4. The van der Waals surface area contributed by atoms with Crippen LogP contribution in [0.4, 0.5) is 5.69 Å². The lowest BCUT2D eigenvalue weighted by atomic mass is 9.73. The molecule has 2 aromatic carbocycles. The molecule has 0 unspecified atom stereocenters. The summed E-state index contributed by atoms with van der Waals surface area (Å²) in [7, 11) is 0. The molecule has 1 amide bonds. The Bertz CT molecular complexity index is 816. The fraction of sp³-hybridized carbons (Fsp3) is 0.333. The molecule has 1 aliphatic rings. The van der Waals surface area contributed by atoms with Gasteiger partial charge in [-0.25, -0.2) is 4.79 Å². The van der Waals surface area contributed by atoms with Gasteiger partial charge < -0.3 is 14.8 Å². The molecule has 142 valence electrons. The predicted octanol–water partition coefficient (Wildman–Crippen LogP) is 4.20. The zero-order valence-electron chi connectivity index (χ0n) is 15.2. The van der Waals surface area contributed by atoms with Crippen LogP contribution in [-0.2, 0) is 19.7 Å². The molecule has 0 atom stereocenters. The summed E-state index contributed by atoms with van der Waals surface area (Å²) in [6, 6.07) is 14.5. The number of anilines is 1. The number of benzene rings is 2. The number of carbonyl (C=O) groups is 2. The van der Waals surface area contributed by atoms with E-state index in [9.17, 15) is 9.59 Å². The van der Waals surface area contributed by atoms with Gasteiger partial charge in [0.25, 0.3) is 0 Å². The third-order valence-corrected chi connectivity index (χ3v) is 5.14. The van der Waals surface area contributed by atoms with Crippen molar-refractivity contribution in [2.75, 3.05) is 25.1 Å².